The molecular formula is C12H19NO5. The van der Waals surface area contributed by atoms with E-state index >= 15 is 0 Å². The predicted octanol–water partition coefficient (Wildman–Crippen LogP) is 0.468. The molecule has 0 aromatic rings. The van der Waals surface area contributed by atoms with Crippen LogP contribution in [0.25, 0.3) is 0 Å². The van der Waals surface area contributed by atoms with E-state index in [1.54, 1.807) is 0 Å². The molecule has 0 aliphatic carbocycles. The van der Waals surface area contributed by atoms with Crippen molar-refractivity contribution in [3.8, 4) is 0 Å². The van der Waals surface area contributed by atoms with Gasteiger partial charge in [0.05, 0.1) is 6.42 Å². The third-order valence-corrected chi connectivity index (χ3v) is 2.41. The normalized spacial score (nSPS) is 10.1. The van der Waals surface area contributed by atoms with Gasteiger partial charge in [0.15, 0.2) is 0 Å². The second-order valence-corrected chi connectivity index (χ2v) is 4.05. The van der Waals surface area contributed by atoms with Gasteiger partial charge >= 0.3 is 5.97 Å². The van der Waals surface area contributed by atoms with Crippen molar-refractivity contribution >= 4 is 23.3 Å². The van der Waals surface area contributed by atoms with E-state index in [0.29, 0.717) is 0 Å². The van der Waals surface area contributed by atoms with E-state index in [1.165, 1.54) is 0 Å². The summed E-state index contributed by atoms with van der Waals surface area (Å²) in [5.41, 5.74) is 5.19. The van der Waals surface area contributed by atoms with Gasteiger partial charge in [-0.1, -0.05) is 0 Å². The van der Waals surface area contributed by atoms with Gasteiger partial charge in [0.1, 0.15) is 17.3 Å². The first kappa shape index (κ1) is 16.4. The SMILES string of the molecule is NCCC(=O)CCC(=O)CCC(=O)CCC(=O)O. The van der Waals surface area contributed by atoms with Gasteiger partial charge in [0.25, 0.3) is 0 Å². The molecule has 18 heavy (non-hydrogen) atoms. The summed E-state index contributed by atoms with van der Waals surface area (Å²) >= 11 is 0. The minimum Gasteiger partial charge on any atom is -0.481 e. The van der Waals surface area contributed by atoms with Crippen molar-refractivity contribution in [2.45, 2.75) is 44.9 Å². The summed E-state index contributed by atoms with van der Waals surface area (Å²) in [5, 5.41) is 8.37. The van der Waals surface area contributed by atoms with Crippen molar-refractivity contribution in [3.63, 3.8) is 0 Å². The molecule has 102 valence electrons. The van der Waals surface area contributed by atoms with Gasteiger partial charge in [0.2, 0.25) is 0 Å². The lowest BCUT2D eigenvalue weighted by atomic mass is 10.0. The van der Waals surface area contributed by atoms with Crippen LogP contribution < -0.4 is 5.73 Å². The summed E-state index contributed by atoms with van der Waals surface area (Å²) in [4.78, 5) is 43.8. The number of hydrogen-bond donors (Lipinski definition) is 2. The number of carboxylic acids is 1. The van der Waals surface area contributed by atoms with Crippen molar-refractivity contribution < 1.29 is 24.3 Å². The highest BCUT2D eigenvalue weighted by atomic mass is 16.4. The summed E-state index contributed by atoms with van der Waals surface area (Å²) in [6.07, 6.45) is 0.442. The Hall–Kier alpha value is -1.56. The van der Waals surface area contributed by atoms with Gasteiger partial charge in [0, 0.05) is 38.5 Å². The standard InChI is InChI=1S/C12H19NO5/c13-8-7-11(16)4-3-9(14)1-2-10(15)5-6-12(17)18/h1-8,13H2,(H,17,18). The van der Waals surface area contributed by atoms with E-state index in [2.05, 4.69) is 0 Å². The molecule has 0 saturated heterocycles. The summed E-state index contributed by atoms with van der Waals surface area (Å²) in [5.74, 6) is -1.46. The molecule has 0 saturated carbocycles. The fourth-order valence-electron chi connectivity index (χ4n) is 1.34. The summed E-state index contributed by atoms with van der Waals surface area (Å²) in [7, 11) is 0. The van der Waals surface area contributed by atoms with E-state index in [0.717, 1.165) is 0 Å². The van der Waals surface area contributed by atoms with Crippen molar-refractivity contribution in [2.75, 3.05) is 6.54 Å². The maximum absolute atomic E-state index is 11.3. The smallest absolute Gasteiger partial charge is 0.303 e. The number of carbonyl (C=O) groups excluding carboxylic acids is 3. The number of ketones is 3. The molecule has 6 heteroatoms. The molecule has 0 aromatic carbocycles. The molecule has 0 atom stereocenters. The summed E-state index contributed by atoms with van der Waals surface area (Å²) in [6, 6.07) is 0. The van der Waals surface area contributed by atoms with Crippen LogP contribution in [0.2, 0.25) is 0 Å². The second kappa shape index (κ2) is 9.47. The largest absolute Gasteiger partial charge is 0.481 e. The van der Waals surface area contributed by atoms with Gasteiger partial charge in [-0.25, -0.2) is 0 Å². The molecular weight excluding hydrogens is 238 g/mol. The van der Waals surface area contributed by atoms with Crippen LogP contribution in [0.5, 0.6) is 0 Å². The molecule has 0 radical (unpaired) electrons. The van der Waals surface area contributed by atoms with E-state index in [-0.39, 0.29) is 68.8 Å². The lowest BCUT2D eigenvalue weighted by Crippen LogP contribution is -2.11. The number of aliphatic carboxylic acids is 1. The lowest BCUT2D eigenvalue weighted by molar-refractivity contribution is -0.138. The number of nitrogens with two attached hydrogens (primary N) is 1. The molecule has 3 N–H and O–H groups in total. The van der Waals surface area contributed by atoms with Gasteiger partial charge < -0.3 is 10.8 Å². The lowest BCUT2D eigenvalue weighted by Gasteiger charge is -2.00. The molecule has 0 aromatic heterocycles. The number of Topliss-reactive ketones (excluding diaryl/α,β-unsaturated/α-hetero) is 3. The van der Waals surface area contributed by atoms with Gasteiger partial charge in [-0.15, -0.1) is 0 Å². The van der Waals surface area contributed by atoms with Crippen molar-refractivity contribution in [1.29, 1.82) is 0 Å². The minimum atomic E-state index is -1.03. The quantitative estimate of drug-likeness (QED) is 0.556. The molecule has 0 aliphatic rings. The van der Waals surface area contributed by atoms with E-state index in [1.807, 2.05) is 0 Å². The van der Waals surface area contributed by atoms with Crippen LogP contribution in [-0.2, 0) is 19.2 Å². The topological polar surface area (TPSA) is 115 Å². The summed E-state index contributed by atoms with van der Waals surface area (Å²) in [6.45, 7) is 0.278. The van der Waals surface area contributed by atoms with Crippen LogP contribution >= 0.6 is 0 Å². The summed E-state index contributed by atoms with van der Waals surface area (Å²) < 4.78 is 0. The van der Waals surface area contributed by atoms with Crippen LogP contribution in [0.4, 0.5) is 0 Å². The number of carbonyl (C=O) groups is 4. The Bertz CT molecular complexity index is 324. The molecule has 0 unspecified atom stereocenters. The highest BCUT2D eigenvalue weighted by molar-refractivity contribution is 5.89. The van der Waals surface area contributed by atoms with E-state index in [4.69, 9.17) is 10.8 Å². The Labute approximate surface area is 106 Å². The third-order valence-electron chi connectivity index (χ3n) is 2.41. The first-order valence-corrected chi connectivity index (χ1v) is 5.92. The van der Waals surface area contributed by atoms with Crippen LogP contribution in [0.3, 0.4) is 0 Å². The maximum Gasteiger partial charge on any atom is 0.303 e. The zero-order valence-electron chi connectivity index (χ0n) is 10.3. The zero-order valence-corrected chi connectivity index (χ0v) is 10.3. The minimum absolute atomic E-state index is 0.0469. The monoisotopic (exact) mass is 257 g/mol. The molecule has 0 bridgehead atoms. The Balaban J connectivity index is 3.67. The Kier molecular flexibility index (Phi) is 8.65. The van der Waals surface area contributed by atoms with Crippen LogP contribution in [0.1, 0.15) is 44.9 Å². The van der Waals surface area contributed by atoms with Gasteiger partial charge in [-0.05, 0) is 6.54 Å². The second-order valence-electron chi connectivity index (χ2n) is 4.05. The zero-order chi connectivity index (χ0) is 14.0. The Morgan fingerprint density at radius 2 is 1.00 bits per heavy atom. The fourth-order valence-corrected chi connectivity index (χ4v) is 1.34. The molecule has 0 spiro atoms. The molecule has 0 aliphatic heterocycles. The molecule has 0 rings (SSSR count). The molecule has 0 heterocycles. The first-order valence-electron chi connectivity index (χ1n) is 5.92. The highest BCUT2D eigenvalue weighted by Gasteiger charge is 2.10. The van der Waals surface area contributed by atoms with E-state index in [9.17, 15) is 19.2 Å². The fraction of sp³-hybridized carbons (Fsp3) is 0.667. The number of hydrogen-bond acceptors (Lipinski definition) is 5. The maximum atomic E-state index is 11.3. The average Bonchev–Trinajstić information content (AvgIpc) is 2.31. The van der Waals surface area contributed by atoms with Crippen molar-refractivity contribution in [3.05, 3.63) is 0 Å². The molecule has 0 fully saturated rings. The average molecular weight is 257 g/mol. The van der Waals surface area contributed by atoms with Gasteiger partial charge in [-0.3, -0.25) is 19.2 Å². The van der Waals surface area contributed by atoms with Crippen LogP contribution in [0.15, 0.2) is 0 Å². The van der Waals surface area contributed by atoms with E-state index < -0.39 is 5.97 Å². The number of carboxylic acid groups (broad SMARTS) is 1. The van der Waals surface area contributed by atoms with Crippen molar-refractivity contribution in [1.82, 2.24) is 0 Å². The predicted molar refractivity (Wildman–Crippen MR) is 64.0 cm³/mol. The highest BCUT2D eigenvalue weighted by Crippen LogP contribution is 2.04. The van der Waals surface area contributed by atoms with Crippen molar-refractivity contribution in [2.24, 2.45) is 5.73 Å². The van der Waals surface area contributed by atoms with Gasteiger partial charge in [-0.2, -0.15) is 0 Å². The Morgan fingerprint density at radius 3 is 1.33 bits per heavy atom. The van der Waals surface area contributed by atoms with Crippen LogP contribution in [-0.4, -0.2) is 35.0 Å². The first-order chi connectivity index (χ1) is 8.45. The molecule has 6 nitrogen and oxygen atoms in total. The molecule has 0 amide bonds. The third kappa shape index (κ3) is 9.65. The Morgan fingerprint density at radius 1 is 0.667 bits per heavy atom. The number of rotatable bonds is 11. The van der Waals surface area contributed by atoms with Crippen LogP contribution in [0, 0.1) is 0 Å².